The molecule has 6 nitrogen and oxygen atoms in total. The van der Waals surface area contributed by atoms with E-state index in [4.69, 9.17) is 9.72 Å². The van der Waals surface area contributed by atoms with E-state index in [1.54, 1.807) is 12.3 Å². The van der Waals surface area contributed by atoms with E-state index in [-0.39, 0.29) is 24.1 Å². The van der Waals surface area contributed by atoms with E-state index >= 15 is 0 Å². The monoisotopic (exact) mass is 429 g/mol. The Kier molecular flexibility index (Phi) is 6.87. The van der Waals surface area contributed by atoms with Crippen LogP contribution in [0.2, 0.25) is 0 Å². The summed E-state index contributed by atoms with van der Waals surface area (Å²) < 4.78 is 4.91. The van der Waals surface area contributed by atoms with E-state index in [0.717, 1.165) is 27.1 Å². The number of hydrogen-bond donors (Lipinski definition) is 1. The summed E-state index contributed by atoms with van der Waals surface area (Å²) in [4.78, 5) is 32.8. The lowest BCUT2D eigenvalue weighted by molar-refractivity contribution is -0.142. The standard InChI is InChI=1S/C21H23N3O3S2/c1-5-27-19(26)9-15-10-29-21(22-15)23-17(25)11-28-18-8-13(3)16-7-12(2)6-14(4)20(16)24-18/h6-8,10H,5,9,11H2,1-4H3,(H,22,23,25). The summed E-state index contributed by atoms with van der Waals surface area (Å²) in [6, 6.07) is 6.27. The van der Waals surface area contributed by atoms with Crippen molar-refractivity contribution in [3.05, 3.63) is 46.0 Å². The number of benzene rings is 1. The average molecular weight is 430 g/mol. The van der Waals surface area contributed by atoms with Crippen molar-refractivity contribution < 1.29 is 14.3 Å². The zero-order chi connectivity index (χ0) is 21.0. The molecular weight excluding hydrogens is 406 g/mol. The fraction of sp³-hybridized carbons (Fsp3) is 0.333. The van der Waals surface area contributed by atoms with Crippen molar-refractivity contribution in [3.63, 3.8) is 0 Å². The first-order valence-corrected chi connectivity index (χ1v) is 11.1. The number of thioether (sulfide) groups is 1. The Morgan fingerprint density at radius 1 is 1.14 bits per heavy atom. The Labute approximate surface area is 178 Å². The van der Waals surface area contributed by atoms with Gasteiger partial charge < -0.3 is 10.1 Å². The highest BCUT2D eigenvalue weighted by Gasteiger charge is 2.12. The lowest BCUT2D eigenvalue weighted by Gasteiger charge is -2.09. The van der Waals surface area contributed by atoms with E-state index in [1.165, 1.54) is 28.7 Å². The largest absolute Gasteiger partial charge is 0.466 e. The summed E-state index contributed by atoms with van der Waals surface area (Å²) in [6.45, 7) is 8.30. The van der Waals surface area contributed by atoms with E-state index in [1.807, 2.05) is 6.07 Å². The maximum absolute atomic E-state index is 12.3. The molecule has 0 saturated heterocycles. The van der Waals surface area contributed by atoms with Crippen molar-refractivity contribution in [1.82, 2.24) is 9.97 Å². The van der Waals surface area contributed by atoms with Crippen LogP contribution in [0.15, 0.2) is 28.6 Å². The highest BCUT2D eigenvalue weighted by Crippen LogP contribution is 2.27. The number of hydrogen-bond acceptors (Lipinski definition) is 7. The molecule has 0 aliphatic rings. The topological polar surface area (TPSA) is 81.2 Å². The Morgan fingerprint density at radius 2 is 1.93 bits per heavy atom. The van der Waals surface area contributed by atoms with Gasteiger partial charge in [-0.25, -0.2) is 9.97 Å². The number of rotatable bonds is 7. The van der Waals surface area contributed by atoms with Gasteiger partial charge in [0.25, 0.3) is 0 Å². The summed E-state index contributed by atoms with van der Waals surface area (Å²) >= 11 is 2.68. The van der Waals surface area contributed by atoms with Crippen LogP contribution in [0.3, 0.4) is 0 Å². The highest BCUT2D eigenvalue weighted by molar-refractivity contribution is 7.99. The van der Waals surface area contributed by atoms with Crippen LogP contribution >= 0.6 is 23.1 Å². The van der Waals surface area contributed by atoms with Crippen molar-refractivity contribution in [3.8, 4) is 0 Å². The number of anilines is 1. The average Bonchev–Trinajstić information content (AvgIpc) is 3.07. The molecule has 0 aliphatic heterocycles. The smallest absolute Gasteiger partial charge is 0.311 e. The molecule has 0 fully saturated rings. The number of fused-ring (bicyclic) bond motifs is 1. The molecule has 3 aromatic rings. The molecule has 0 aliphatic carbocycles. The molecule has 3 rings (SSSR count). The molecule has 1 N–H and O–H groups in total. The molecule has 152 valence electrons. The van der Waals surface area contributed by atoms with Crippen LogP contribution in [-0.2, 0) is 20.7 Å². The zero-order valence-corrected chi connectivity index (χ0v) is 18.5. The lowest BCUT2D eigenvalue weighted by Crippen LogP contribution is -2.14. The number of nitrogens with one attached hydrogen (secondary N) is 1. The molecular formula is C21H23N3O3S2. The summed E-state index contributed by atoms with van der Waals surface area (Å²) in [7, 11) is 0. The minimum absolute atomic E-state index is 0.105. The fourth-order valence-electron chi connectivity index (χ4n) is 2.99. The van der Waals surface area contributed by atoms with E-state index in [9.17, 15) is 9.59 Å². The second-order valence-corrected chi connectivity index (χ2v) is 8.57. The molecule has 2 aromatic heterocycles. The Balaban J connectivity index is 1.61. The van der Waals surface area contributed by atoms with Crippen molar-refractivity contribution in [2.75, 3.05) is 17.7 Å². The van der Waals surface area contributed by atoms with Crippen molar-refractivity contribution in [2.45, 2.75) is 39.1 Å². The highest BCUT2D eigenvalue weighted by atomic mass is 32.2. The first-order valence-electron chi connectivity index (χ1n) is 9.27. The number of carbonyl (C=O) groups is 2. The Bertz CT molecular complexity index is 1060. The number of esters is 1. The molecule has 2 heterocycles. The third kappa shape index (κ3) is 5.55. The number of aryl methyl sites for hydroxylation is 3. The van der Waals surface area contributed by atoms with Crippen molar-refractivity contribution >= 4 is 51.0 Å². The predicted octanol–water partition coefficient (Wildman–Crippen LogP) is 4.45. The summed E-state index contributed by atoms with van der Waals surface area (Å²) in [5.74, 6) is -0.253. The fourth-order valence-corrected chi connectivity index (χ4v) is 4.48. The molecule has 1 aromatic carbocycles. The Hall–Kier alpha value is -2.45. The normalized spacial score (nSPS) is 10.9. The molecule has 1 amide bonds. The molecule has 0 bridgehead atoms. The summed E-state index contributed by atoms with van der Waals surface area (Å²) in [5, 5.41) is 6.97. The first-order chi connectivity index (χ1) is 13.9. The number of amides is 1. The SMILES string of the molecule is CCOC(=O)Cc1csc(NC(=O)CSc2cc(C)c3cc(C)cc(C)c3n2)n1. The maximum Gasteiger partial charge on any atom is 0.311 e. The minimum Gasteiger partial charge on any atom is -0.466 e. The molecule has 8 heteroatoms. The number of pyridine rings is 1. The van der Waals surface area contributed by atoms with Crippen LogP contribution in [0.5, 0.6) is 0 Å². The number of aromatic nitrogens is 2. The predicted molar refractivity (Wildman–Crippen MR) is 118 cm³/mol. The summed E-state index contributed by atoms with van der Waals surface area (Å²) in [5.41, 5.74) is 5.06. The number of ether oxygens (including phenoxy) is 1. The van der Waals surface area contributed by atoms with Crippen LogP contribution < -0.4 is 5.32 Å². The molecule has 0 radical (unpaired) electrons. The molecule has 29 heavy (non-hydrogen) atoms. The zero-order valence-electron chi connectivity index (χ0n) is 16.9. The van der Waals surface area contributed by atoms with E-state index in [2.05, 4.69) is 43.2 Å². The quantitative estimate of drug-likeness (QED) is 0.441. The lowest BCUT2D eigenvalue weighted by atomic mass is 10.0. The molecule has 0 saturated carbocycles. The van der Waals surface area contributed by atoms with Gasteiger partial charge in [-0.2, -0.15) is 0 Å². The van der Waals surface area contributed by atoms with Gasteiger partial charge in [0.1, 0.15) is 0 Å². The van der Waals surface area contributed by atoms with Gasteiger partial charge in [0.15, 0.2) is 5.13 Å². The first kappa shape index (κ1) is 21.3. The van der Waals surface area contributed by atoms with Gasteiger partial charge in [-0.3, -0.25) is 9.59 Å². The summed E-state index contributed by atoms with van der Waals surface area (Å²) in [6.07, 6.45) is 0.105. The van der Waals surface area contributed by atoms with Gasteiger partial charge in [0.05, 0.1) is 35.0 Å². The molecule has 0 unspecified atom stereocenters. The third-order valence-corrected chi connectivity index (χ3v) is 5.93. The van der Waals surface area contributed by atoms with E-state index < -0.39 is 0 Å². The number of carbonyl (C=O) groups excluding carboxylic acids is 2. The van der Waals surface area contributed by atoms with Gasteiger partial charge in [-0.1, -0.05) is 23.4 Å². The molecule has 0 spiro atoms. The Morgan fingerprint density at radius 3 is 2.69 bits per heavy atom. The maximum atomic E-state index is 12.3. The minimum atomic E-state index is -0.325. The second-order valence-electron chi connectivity index (χ2n) is 6.72. The van der Waals surface area contributed by atoms with Crippen LogP contribution in [0, 0.1) is 20.8 Å². The second kappa shape index (κ2) is 9.37. The van der Waals surface area contributed by atoms with Crippen LogP contribution in [0.1, 0.15) is 29.3 Å². The number of thiazole rings is 1. The van der Waals surface area contributed by atoms with Crippen LogP contribution in [0.25, 0.3) is 10.9 Å². The van der Waals surface area contributed by atoms with Crippen molar-refractivity contribution in [2.24, 2.45) is 0 Å². The van der Waals surface area contributed by atoms with Crippen LogP contribution in [0.4, 0.5) is 5.13 Å². The third-order valence-electron chi connectivity index (χ3n) is 4.21. The van der Waals surface area contributed by atoms with Gasteiger partial charge >= 0.3 is 5.97 Å². The van der Waals surface area contributed by atoms with E-state index in [0.29, 0.717) is 17.4 Å². The number of nitrogens with zero attached hydrogens (tertiary/aromatic N) is 2. The van der Waals surface area contributed by atoms with Gasteiger partial charge in [0, 0.05) is 10.8 Å². The van der Waals surface area contributed by atoms with Crippen LogP contribution in [-0.4, -0.2) is 34.2 Å². The van der Waals surface area contributed by atoms with Gasteiger partial charge in [-0.15, -0.1) is 11.3 Å². The van der Waals surface area contributed by atoms with Crippen molar-refractivity contribution in [1.29, 1.82) is 0 Å². The molecule has 0 atom stereocenters. The van der Waals surface area contributed by atoms with Gasteiger partial charge in [-0.05, 0) is 51.0 Å². The van der Waals surface area contributed by atoms with Gasteiger partial charge in [0.2, 0.25) is 5.91 Å².